The summed E-state index contributed by atoms with van der Waals surface area (Å²) in [5.74, 6) is -2.75. The molecule has 0 radical (unpaired) electrons. The number of halogens is 1. The molecule has 9 heteroatoms. The number of carbonyl (C=O) groups is 3. The van der Waals surface area contributed by atoms with Gasteiger partial charge in [-0.25, -0.2) is 0 Å². The third-order valence-electron chi connectivity index (χ3n) is 6.25. The summed E-state index contributed by atoms with van der Waals surface area (Å²) in [4.78, 5) is 40.5. The molecule has 3 fully saturated rings. The van der Waals surface area contributed by atoms with Crippen LogP contribution in [0, 0.1) is 11.8 Å². The predicted molar refractivity (Wildman–Crippen MR) is 109 cm³/mol. The van der Waals surface area contributed by atoms with Gasteiger partial charge in [-0.05, 0) is 18.9 Å². The molecule has 2 bridgehead atoms. The molecular weight excluding hydrogens is 456 g/mol. The molecule has 3 aliphatic rings. The van der Waals surface area contributed by atoms with Crippen LogP contribution in [0.15, 0.2) is 30.3 Å². The van der Waals surface area contributed by atoms with Gasteiger partial charge in [0, 0.05) is 17.9 Å². The highest BCUT2D eigenvalue weighted by atomic mass is 79.9. The van der Waals surface area contributed by atoms with Crippen LogP contribution in [-0.4, -0.2) is 70.1 Å². The van der Waals surface area contributed by atoms with Crippen LogP contribution in [0.25, 0.3) is 0 Å². The van der Waals surface area contributed by atoms with E-state index in [2.05, 4.69) is 21.2 Å². The van der Waals surface area contributed by atoms with Crippen LogP contribution in [0.1, 0.15) is 18.9 Å². The topological polar surface area (TPSA) is 105 Å². The summed E-state index contributed by atoms with van der Waals surface area (Å²) in [6.45, 7) is 1.92. The summed E-state index contributed by atoms with van der Waals surface area (Å²) < 4.78 is 11.5. The van der Waals surface area contributed by atoms with Crippen molar-refractivity contribution >= 4 is 33.7 Å². The summed E-state index contributed by atoms with van der Waals surface area (Å²) in [6.07, 6.45) is -0.103. The number of hydrogen-bond acceptors (Lipinski definition) is 6. The summed E-state index contributed by atoms with van der Waals surface area (Å²) in [7, 11) is 0. The average Bonchev–Trinajstić information content (AvgIpc) is 3.31. The maximum absolute atomic E-state index is 13.3. The van der Waals surface area contributed by atoms with Crippen molar-refractivity contribution in [3.63, 3.8) is 0 Å². The number of ether oxygens (including phenoxy) is 2. The number of nitrogens with one attached hydrogen (secondary N) is 1. The van der Waals surface area contributed by atoms with E-state index >= 15 is 0 Å². The average molecular weight is 481 g/mol. The highest BCUT2D eigenvalue weighted by Gasteiger charge is 2.76. The molecule has 6 atom stereocenters. The molecule has 30 heavy (non-hydrogen) atoms. The number of fused-ring (bicyclic) bond motifs is 1. The first kappa shape index (κ1) is 21.3. The number of likely N-dealkylation sites (tertiary alicyclic amines) is 1. The largest absolute Gasteiger partial charge is 0.466 e. The Balaban J connectivity index is 1.64. The molecule has 0 aromatic heterocycles. The Hall–Kier alpha value is -1.97. The number of rotatable bonds is 7. The molecule has 1 unspecified atom stereocenters. The van der Waals surface area contributed by atoms with E-state index in [1.807, 2.05) is 30.3 Å². The smallest absolute Gasteiger partial charge is 0.312 e. The Bertz CT molecular complexity index is 836. The van der Waals surface area contributed by atoms with E-state index in [1.54, 1.807) is 6.92 Å². The molecule has 0 saturated carbocycles. The Labute approximate surface area is 183 Å². The molecule has 1 aromatic carbocycles. The van der Waals surface area contributed by atoms with Gasteiger partial charge in [-0.15, -0.1) is 0 Å². The predicted octanol–water partition coefficient (Wildman–Crippen LogP) is 0.606. The Morgan fingerprint density at radius 2 is 2.10 bits per heavy atom. The van der Waals surface area contributed by atoms with Gasteiger partial charge in [0.2, 0.25) is 11.8 Å². The quantitative estimate of drug-likeness (QED) is 0.437. The molecule has 3 saturated heterocycles. The SMILES string of the molecule is CCOC(=O)[C@@H]1[C@H]2O[C@@]3(CC2Br)[C@H](C(=O)NCc2ccccc2)N(CCO)C(=O)[C@@H]13. The van der Waals surface area contributed by atoms with Crippen molar-refractivity contribution in [2.75, 3.05) is 19.8 Å². The number of benzene rings is 1. The first-order chi connectivity index (χ1) is 14.4. The van der Waals surface area contributed by atoms with Crippen LogP contribution in [0.5, 0.6) is 0 Å². The van der Waals surface area contributed by atoms with Crippen molar-refractivity contribution in [1.29, 1.82) is 0 Å². The lowest BCUT2D eigenvalue weighted by Crippen LogP contribution is -2.56. The van der Waals surface area contributed by atoms with Crippen LogP contribution in [-0.2, 0) is 30.4 Å². The molecule has 3 aliphatic heterocycles. The maximum atomic E-state index is 13.3. The number of hydrogen-bond donors (Lipinski definition) is 2. The zero-order chi connectivity index (χ0) is 21.5. The lowest BCUT2D eigenvalue weighted by molar-refractivity contribution is -0.154. The molecule has 1 spiro atoms. The van der Waals surface area contributed by atoms with Crippen molar-refractivity contribution < 1.29 is 29.0 Å². The van der Waals surface area contributed by atoms with Gasteiger partial charge in [-0.2, -0.15) is 0 Å². The number of carbonyl (C=O) groups excluding carboxylic acids is 3. The van der Waals surface area contributed by atoms with E-state index in [1.165, 1.54) is 4.90 Å². The zero-order valence-electron chi connectivity index (χ0n) is 16.6. The van der Waals surface area contributed by atoms with Crippen LogP contribution in [0.3, 0.4) is 0 Å². The first-order valence-corrected chi connectivity index (χ1v) is 11.1. The number of β-amino-alcohol motifs (C(OH)–C–C–N with tert-alkyl or cyclic N) is 1. The lowest BCUT2D eigenvalue weighted by Gasteiger charge is -2.33. The molecule has 8 nitrogen and oxygen atoms in total. The Morgan fingerprint density at radius 3 is 2.77 bits per heavy atom. The molecular formula is C21H25BrN2O6. The van der Waals surface area contributed by atoms with Crippen LogP contribution >= 0.6 is 15.9 Å². The van der Waals surface area contributed by atoms with Gasteiger partial charge in [0.1, 0.15) is 11.6 Å². The Kier molecular flexibility index (Phi) is 5.87. The van der Waals surface area contributed by atoms with E-state index in [9.17, 15) is 19.5 Å². The monoisotopic (exact) mass is 480 g/mol. The second-order valence-corrected chi connectivity index (χ2v) is 9.05. The highest BCUT2D eigenvalue weighted by Crippen LogP contribution is 2.60. The molecule has 3 heterocycles. The van der Waals surface area contributed by atoms with Crippen molar-refractivity contribution in [3.05, 3.63) is 35.9 Å². The number of nitrogens with zero attached hydrogens (tertiary/aromatic N) is 1. The number of alkyl halides is 1. The van der Waals surface area contributed by atoms with E-state index in [0.717, 1.165) is 5.56 Å². The van der Waals surface area contributed by atoms with Gasteiger partial charge >= 0.3 is 5.97 Å². The van der Waals surface area contributed by atoms with Gasteiger partial charge in [0.25, 0.3) is 0 Å². The van der Waals surface area contributed by atoms with Crippen molar-refractivity contribution in [2.24, 2.45) is 11.8 Å². The number of esters is 1. The van der Waals surface area contributed by atoms with E-state index in [0.29, 0.717) is 13.0 Å². The molecule has 2 N–H and O–H groups in total. The molecule has 4 rings (SSSR count). The molecule has 2 amide bonds. The normalized spacial score (nSPS) is 34.2. The fourth-order valence-corrected chi connectivity index (χ4v) is 6.11. The maximum Gasteiger partial charge on any atom is 0.312 e. The molecule has 0 aliphatic carbocycles. The summed E-state index contributed by atoms with van der Waals surface area (Å²) in [5.41, 5.74) is -0.194. The van der Waals surface area contributed by atoms with Crippen molar-refractivity contribution in [3.8, 4) is 0 Å². The number of amides is 2. The second-order valence-electron chi connectivity index (χ2n) is 7.87. The second kappa shape index (κ2) is 8.28. The minimum absolute atomic E-state index is 0.00295. The highest BCUT2D eigenvalue weighted by molar-refractivity contribution is 9.09. The zero-order valence-corrected chi connectivity index (χ0v) is 18.2. The van der Waals surface area contributed by atoms with Crippen molar-refractivity contribution in [1.82, 2.24) is 10.2 Å². The number of aliphatic hydroxyl groups excluding tert-OH is 1. The third-order valence-corrected chi connectivity index (χ3v) is 7.09. The summed E-state index contributed by atoms with van der Waals surface area (Å²) in [5, 5.41) is 12.4. The minimum atomic E-state index is -1.12. The fourth-order valence-electron chi connectivity index (χ4n) is 5.17. The minimum Gasteiger partial charge on any atom is -0.466 e. The van der Waals surface area contributed by atoms with Gasteiger partial charge in [-0.1, -0.05) is 46.3 Å². The van der Waals surface area contributed by atoms with E-state index in [-0.39, 0.29) is 36.4 Å². The third kappa shape index (κ3) is 3.23. The first-order valence-electron chi connectivity index (χ1n) is 10.2. The fraction of sp³-hybridized carbons (Fsp3) is 0.571. The standard InChI is InChI=1S/C21H25BrN2O6/c1-2-29-20(28)14-15-19(27)24(8-9-25)17(21(15)10-13(22)16(14)30-21)18(26)23-11-12-6-4-3-5-7-12/h3-7,13-17,25H,2,8-11H2,1H3,(H,23,26)/t13?,14-,15+,16-,17-,21+/m0/s1. The van der Waals surface area contributed by atoms with E-state index < -0.39 is 35.6 Å². The van der Waals surface area contributed by atoms with Crippen molar-refractivity contribution in [2.45, 2.75) is 42.5 Å². The van der Waals surface area contributed by atoms with Crippen LogP contribution in [0.2, 0.25) is 0 Å². The van der Waals surface area contributed by atoms with E-state index in [4.69, 9.17) is 9.47 Å². The number of aliphatic hydroxyl groups is 1. The molecule has 162 valence electrons. The summed E-state index contributed by atoms with van der Waals surface area (Å²) >= 11 is 3.57. The van der Waals surface area contributed by atoms with Gasteiger partial charge in [0.15, 0.2) is 0 Å². The van der Waals surface area contributed by atoms with Crippen LogP contribution < -0.4 is 5.32 Å². The lowest BCUT2D eigenvalue weighted by atomic mass is 9.70. The van der Waals surface area contributed by atoms with Crippen LogP contribution in [0.4, 0.5) is 0 Å². The Morgan fingerprint density at radius 1 is 1.37 bits per heavy atom. The van der Waals surface area contributed by atoms with Gasteiger partial charge in [-0.3, -0.25) is 14.4 Å². The van der Waals surface area contributed by atoms with Gasteiger partial charge < -0.3 is 24.8 Å². The summed E-state index contributed by atoms with van der Waals surface area (Å²) in [6, 6.07) is 8.54. The molecule has 1 aromatic rings. The van der Waals surface area contributed by atoms with Gasteiger partial charge in [0.05, 0.1) is 31.2 Å².